The van der Waals surface area contributed by atoms with Crippen molar-refractivity contribution in [3.05, 3.63) is 80.3 Å². The van der Waals surface area contributed by atoms with E-state index in [-0.39, 0.29) is 5.97 Å². The minimum atomic E-state index is -0.609. The molecule has 1 aliphatic heterocycles. The predicted octanol–water partition coefficient (Wildman–Crippen LogP) is 5.43. The van der Waals surface area contributed by atoms with E-state index in [1.54, 1.807) is 0 Å². The first kappa shape index (κ1) is 25.5. The number of carbonyl (C=O) groups is 1. The Kier molecular flexibility index (Phi) is 6.93. The van der Waals surface area contributed by atoms with Gasteiger partial charge in [0.15, 0.2) is 5.69 Å². The van der Waals surface area contributed by atoms with Gasteiger partial charge in [-0.3, -0.25) is 19.0 Å². The molecule has 0 amide bonds. The van der Waals surface area contributed by atoms with Gasteiger partial charge in [0.1, 0.15) is 5.82 Å². The Morgan fingerprint density at radius 3 is 2.61 bits per heavy atom. The molecule has 1 N–H and O–H groups in total. The number of carbonyl (C=O) groups excluding carboxylic acids is 1. The van der Waals surface area contributed by atoms with Crippen LogP contribution in [0.4, 0.5) is 17.3 Å². The van der Waals surface area contributed by atoms with Crippen molar-refractivity contribution in [1.29, 1.82) is 0 Å². The molecule has 0 atom stereocenters. The lowest BCUT2D eigenvalue weighted by molar-refractivity contribution is 0.0515. The number of ether oxygens (including phenoxy) is 1. The first-order valence-electron chi connectivity index (χ1n) is 13.2. The summed E-state index contributed by atoms with van der Waals surface area (Å²) in [5, 5.41) is 4.04. The maximum absolute atomic E-state index is 13.2. The Morgan fingerprint density at radius 1 is 1.13 bits per heavy atom. The van der Waals surface area contributed by atoms with E-state index in [4.69, 9.17) is 14.2 Å². The fraction of sp³-hybridized carbons (Fsp3) is 0.379. The van der Waals surface area contributed by atoms with Gasteiger partial charge >= 0.3 is 11.7 Å². The van der Waals surface area contributed by atoms with Gasteiger partial charge in [-0.15, -0.1) is 0 Å². The number of aryl methyl sites for hydroxylation is 4. The minimum absolute atomic E-state index is 0.293. The molecule has 0 bridgehead atoms. The molecule has 0 fully saturated rings. The van der Waals surface area contributed by atoms with Crippen LogP contribution in [0.1, 0.15) is 71.5 Å². The van der Waals surface area contributed by atoms with Gasteiger partial charge in [-0.25, -0.2) is 14.6 Å². The third kappa shape index (κ3) is 4.21. The summed E-state index contributed by atoms with van der Waals surface area (Å²) in [6, 6.07) is 10.2. The summed E-state index contributed by atoms with van der Waals surface area (Å²) < 4.78 is 12.4. The van der Waals surface area contributed by atoms with Crippen LogP contribution in [-0.2, 0) is 30.4 Å². The number of rotatable bonds is 7. The largest absolute Gasteiger partial charge is 0.461 e. The lowest BCUT2D eigenvalue weighted by Gasteiger charge is -2.27. The van der Waals surface area contributed by atoms with E-state index >= 15 is 0 Å². The number of nitrogens with zero attached hydrogens (tertiary/aromatic N) is 4. The molecule has 0 unspecified atom stereocenters. The Labute approximate surface area is 221 Å². The summed E-state index contributed by atoms with van der Waals surface area (Å²) in [7, 11) is 0. The molecule has 0 aliphatic carbocycles. The molecule has 38 heavy (non-hydrogen) atoms. The molecule has 0 spiro atoms. The first-order valence-corrected chi connectivity index (χ1v) is 13.2. The van der Waals surface area contributed by atoms with E-state index in [1.165, 1.54) is 0 Å². The van der Waals surface area contributed by atoms with Crippen molar-refractivity contribution in [3.8, 4) is 5.69 Å². The molecule has 0 radical (unpaired) electrons. The number of nitrogens with one attached hydrogen (secondary N) is 1. The molecule has 2 aromatic heterocycles. The second kappa shape index (κ2) is 10.3. The van der Waals surface area contributed by atoms with E-state index in [9.17, 15) is 9.59 Å². The zero-order valence-electron chi connectivity index (χ0n) is 22.6. The number of benzene rings is 2. The average Bonchev–Trinajstić information content (AvgIpc) is 3.43. The molecular formula is C29H33N5O4. The molecule has 2 aromatic carbocycles. The van der Waals surface area contributed by atoms with Crippen LogP contribution in [-0.4, -0.2) is 32.3 Å². The first-order chi connectivity index (χ1) is 18.4. The van der Waals surface area contributed by atoms with Gasteiger partial charge < -0.3 is 4.74 Å². The molecule has 3 heterocycles. The molecule has 9 nitrogen and oxygen atoms in total. The number of anilines is 3. The number of aromatic amines is 1. The van der Waals surface area contributed by atoms with Crippen LogP contribution >= 0.6 is 0 Å². The highest BCUT2D eigenvalue weighted by molar-refractivity contribution is 5.90. The SMILES string of the molecule is CCCc1nc(CC)c(C(=O)OCC)n1-c1c(C)cc2c(c1C)CCc1ccccc1N2c1noc(=O)[nH]1. The number of aromatic nitrogens is 4. The Bertz CT molecular complexity index is 1560. The Morgan fingerprint density at radius 2 is 1.92 bits per heavy atom. The van der Waals surface area contributed by atoms with Crippen LogP contribution in [0.2, 0.25) is 0 Å². The summed E-state index contributed by atoms with van der Waals surface area (Å²) in [5.41, 5.74) is 8.32. The van der Waals surface area contributed by atoms with Crippen molar-refractivity contribution in [2.45, 2.75) is 66.7 Å². The van der Waals surface area contributed by atoms with Crippen molar-refractivity contribution >= 4 is 23.3 Å². The van der Waals surface area contributed by atoms with Gasteiger partial charge in [0.2, 0.25) is 0 Å². The standard InChI is InChI=1S/C29H33N5O4/c1-6-11-24-30-21(7-2)26(27(35)37-8-3)34(24)25-17(4)16-23-20(18(25)5)15-14-19-12-9-10-13-22(19)33(23)28-31-29(36)38-32-28/h9-10,12-13,16H,6-8,11,14-15H2,1-5H3,(H,31,32,36). The lowest BCUT2D eigenvalue weighted by Crippen LogP contribution is -2.19. The van der Waals surface area contributed by atoms with Crippen LogP contribution in [0, 0.1) is 13.8 Å². The topological polar surface area (TPSA) is 106 Å². The number of imidazole rings is 1. The highest BCUT2D eigenvalue weighted by Crippen LogP contribution is 2.43. The van der Waals surface area contributed by atoms with Gasteiger partial charge in [0.25, 0.3) is 5.95 Å². The van der Waals surface area contributed by atoms with Gasteiger partial charge in [-0.1, -0.05) is 32.0 Å². The minimum Gasteiger partial charge on any atom is -0.461 e. The number of H-pyrrole nitrogens is 1. The Hall–Kier alpha value is -4.14. The van der Waals surface area contributed by atoms with E-state index in [0.29, 0.717) is 24.7 Å². The normalized spacial score (nSPS) is 12.7. The molecule has 9 heteroatoms. The van der Waals surface area contributed by atoms with Crippen LogP contribution < -0.4 is 10.7 Å². The lowest BCUT2D eigenvalue weighted by atomic mass is 9.95. The van der Waals surface area contributed by atoms with Crippen molar-refractivity contribution in [3.63, 3.8) is 0 Å². The quantitative estimate of drug-likeness (QED) is 0.327. The predicted molar refractivity (Wildman–Crippen MR) is 145 cm³/mol. The summed E-state index contributed by atoms with van der Waals surface area (Å²) in [4.78, 5) is 34.8. The second-order valence-corrected chi connectivity index (χ2v) is 9.53. The monoisotopic (exact) mass is 515 g/mol. The fourth-order valence-corrected chi connectivity index (χ4v) is 5.53. The highest BCUT2D eigenvalue weighted by Gasteiger charge is 2.31. The number of esters is 1. The number of fused-ring (bicyclic) bond motifs is 2. The maximum Gasteiger partial charge on any atom is 0.440 e. The number of hydrogen-bond acceptors (Lipinski definition) is 7. The zero-order chi connectivity index (χ0) is 27.0. The van der Waals surface area contributed by atoms with Crippen molar-refractivity contribution in [2.24, 2.45) is 0 Å². The van der Waals surface area contributed by atoms with Gasteiger partial charge in [-0.05, 0) is 86.0 Å². The molecule has 0 saturated carbocycles. The van der Waals surface area contributed by atoms with Gasteiger partial charge in [0.05, 0.1) is 29.4 Å². The van der Waals surface area contributed by atoms with Crippen LogP contribution in [0.25, 0.3) is 5.69 Å². The molecule has 5 rings (SSSR count). The zero-order valence-corrected chi connectivity index (χ0v) is 22.6. The Balaban J connectivity index is 1.79. The van der Waals surface area contributed by atoms with E-state index in [2.05, 4.69) is 36.1 Å². The smallest absolute Gasteiger partial charge is 0.440 e. The van der Waals surface area contributed by atoms with Crippen LogP contribution in [0.5, 0.6) is 0 Å². The number of hydrogen-bond donors (Lipinski definition) is 1. The number of para-hydroxylation sites is 1. The molecule has 198 valence electrons. The summed E-state index contributed by atoms with van der Waals surface area (Å²) in [5.74, 6) is 0.212. The van der Waals surface area contributed by atoms with Gasteiger partial charge in [-0.2, -0.15) is 0 Å². The second-order valence-electron chi connectivity index (χ2n) is 9.53. The van der Waals surface area contributed by atoms with Crippen LogP contribution in [0.15, 0.2) is 39.6 Å². The highest BCUT2D eigenvalue weighted by atomic mass is 16.5. The fourth-order valence-electron chi connectivity index (χ4n) is 5.53. The van der Waals surface area contributed by atoms with Gasteiger partial charge in [0, 0.05) is 6.42 Å². The molecule has 0 saturated heterocycles. The van der Waals surface area contributed by atoms with E-state index < -0.39 is 5.76 Å². The summed E-state index contributed by atoms with van der Waals surface area (Å²) in [6.07, 6.45) is 3.84. The summed E-state index contributed by atoms with van der Waals surface area (Å²) >= 11 is 0. The maximum atomic E-state index is 13.2. The third-order valence-electron chi connectivity index (χ3n) is 7.12. The van der Waals surface area contributed by atoms with E-state index in [0.717, 1.165) is 76.5 Å². The van der Waals surface area contributed by atoms with Crippen LogP contribution in [0.3, 0.4) is 0 Å². The molecule has 4 aromatic rings. The average molecular weight is 516 g/mol. The molecule has 1 aliphatic rings. The van der Waals surface area contributed by atoms with Crippen molar-refractivity contribution < 1.29 is 14.1 Å². The van der Waals surface area contributed by atoms with E-state index in [1.807, 2.05) is 48.4 Å². The summed E-state index contributed by atoms with van der Waals surface area (Å²) in [6.45, 7) is 10.4. The van der Waals surface area contributed by atoms with Crippen molar-refractivity contribution in [1.82, 2.24) is 19.7 Å². The van der Waals surface area contributed by atoms with Crippen molar-refractivity contribution in [2.75, 3.05) is 11.5 Å². The third-order valence-corrected chi connectivity index (χ3v) is 7.12. The molecular weight excluding hydrogens is 482 g/mol.